The maximum Gasteiger partial charge on any atom is 0.323 e. The van der Waals surface area contributed by atoms with E-state index in [0.29, 0.717) is 27.8 Å². The molecule has 0 atom stereocenters. The van der Waals surface area contributed by atoms with Gasteiger partial charge in [-0.15, -0.1) is 0 Å². The smallest absolute Gasteiger partial charge is 0.323 e. The Balaban J connectivity index is 1.47. The minimum Gasteiger partial charge on any atom is -0.484 e. The summed E-state index contributed by atoms with van der Waals surface area (Å²) in [6.07, 6.45) is 0. The van der Waals surface area contributed by atoms with E-state index in [0.717, 1.165) is 5.56 Å². The fraction of sp³-hybridized carbons (Fsp3) is 0.0909. The van der Waals surface area contributed by atoms with E-state index < -0.39 is 0 Å². The third-order valence-electron chi connectivity index (χ3n) is 3.96. The normalized spacial score (nSPS) is 10.1. The molecule has 0 radical (unpaired) electrons. The van der Waals surface area contributed by atoms with Crippen molar-refractivity contribution in [2.45, 2.75) is 6.92 Å². The van der Waals surface area contributed by atoms with Crippen molar-refractivity contribution in [2.24, 2.45) is 0 Å². The Morgan fingerprint density at radius 3 is 2.03 bits per heavy atom. The van der Waals surface area contributed by atoms with Gasteiger partial charge < -0.3 is 20.7 Å². The lowest BCUT2D eigenvalue weighted by atomic mass is 10.2. The van der Waals surface area contributed by atoms with E-state index in [1.54, 1.807) is 54.6 Å². The summed E-state index contributed by atoms with van der Waals surface area (Å²) < 4.78 is 5.47. The highest BCUT2D eigenvalue weighted by Gasteiger charge is 2.06. The van der Waals surface area contributed by atoms with Gasteiger partial charge in [-0.3, -0.25) is 4.79 Å². The number of halogens is 1. The second-order valence-corrected chi connectivity index (χ2v) is 6.68. The monoisotopic (exact) mass is 409 g/mol. The average Bonchev–Trinajstić information content (AvgIpc) is 2.71. The molecule has 3 rings (SSSR count). The van der Waals surface area contributed by atoms with Crippen LogP contribution in [0, 0.1) is 6.92 Å². The van der Waals surface area contributed by atoms with Crippen molar-refractivity contribution >= 4 is 40.6 Å². The van der Waals surface area contributed by atoms with Gasteiger partial charge in [0.2, 0.25) is 0 Å². The molecule has 0 aromatic heterocycles. The lowest BCUT2D eigenvalue weighted by Crippen LogP contribution is -2.20. The summed E-state index contributed by atoms with van der Waals surface area (Å²) in [6, 6.07) is 20.8. The Morgan fingerprint density at radius 2 is 1.41 bits per heavy atom. The first-order valence-electron chi connectivity index (χ1n) is 8.91. The number of hydrogen-bond acceptors (Lipinski definition) is 3. The van der Waals surface area contributed by atoms with Gasteiger partial charge in [0.25, 0.3) is 5.91 Å². The molecule has 0 spiro atoms. The number of aryl methyl sites for hydroxylation is 1. The lowest BCUT2D eigenvalue weighted by Gasteiger charge is -2.10. The molecule has 0 aliphatic carbocycles. The van der Waals surface area contributed by atoms with Crippen molar-refractivity contribution in [1.82, 2.24) is 0 Å². The molecule has 0 aliphatic rings. The van der Waals surface area contributed by atoms with E-state index in [9.17, 15) is 9.59 Å². The molecule has 3 N–H and O–H groups in total. The number of amides is 3. The molecular weight excluding hydrogens is 390 g/mol. The molecule has 29 heavy (non-hydrogen) atoms. The van der Waals surface area contributed by atoms with Crippen molar-refractivity contribution < 1.29 is 14.3 Å². The van der Waals surface area contributed by atoms with E-state index in [-0.39, 0.29) is 18.5 Å². The van der Waals surface area contributed by atoms with Crippen LogP contribution in [0.25, 0.3) is 0 Å². The van der Waals surface area contributed by atoms with Crippen LogP contribution in [0.15, 0.2) is 72.8 Å². The van der Waals surface area contributed by atoms with Gasteiger partial charge >= 0.3 is 6.03 Å². The molecule has 148 valence electrons. The summed E-state index contributed by atoms with van der Waals surface area (Å²) in [5.41, 5.74) is 2.78. The van der Waals surface area contributed by atoms with Crippen LogP contribution in [-0.2, 0) is 4.79 Å². The predicted octanol–water partition coefficient (Wildman–Crippen LogP) is 5.31. The molecule has 6 nitrogen and oxygen atoms in total. The molecule has 0 saturated heterocycles. The van der Waals surface area contributed by atoms with Crippen molar-refractivity contribution in [3.8, 4) is 5.75 Å². The fourth-order valence-corrected chi connectivity index (χ4v) is 2.62. The zero-order valence-corrected chi connectivity index (χ0v) is 16.5. The molecule has 0 saturated carbocycles. The van der Waals surface area contributed by atoms with Gasteiger partial charge in [0.05, 0.1) is 0 Å². The maximum atomic E-state index is 12.1. The average molecular weight is 410 g/mol. The minimum atomic E-state index is -0.348. The number of anilines is 3. The zero-order valence-electron chi connectivity index (χ0n) is 15.7. The number of carbonyl (C=O) groups is 2. The predicted molar refractivity (Wildman–Crippen MR) is 116 cm³/mol. The maximum absolute atomic E-state index is 12.1. The van der Waals surface area contributed by atoms with E-state index >= 15 is 0 Å². The number of ether oxygens (including phenoxy) is 1. The van der Waals surface area contributed by atoms with E-state index in [1.165, 1.54) is 0 Å². The molecule has 0 aliphatic heterocycles. The molecular formula is C22H20ClN3O3. The first-order chi connectivity index (χ1) is 14.0. The quantitative estimate of drug-likeness (QED) is 0.516. The molecule has 0 heterocycles. The van der Waals surface area contributed by atoms with Crippen LogP contribution < -0.4 is 20.7 Å². The van der Waals surface area contributed by atoms with Gasteiger partial charge in [-0.1, -0.05) is 29.8 Å². The zero-order chi connectivity index (χ0) is 20.6. The van der Waals surface area contributed by atoms with Crippen molar-refractivity contribution in [3.63, 3.8) is 0 Å². The van der Waals surface area contributed by atoms with Gasteiger partial charge in [0, 0.05) is 22.1 Å². The molecule has 0 unspecified atom stereocenters. The molecule has 3 aromatic carbocycles. The van der Waals surface area contributed by atoms with Crippen LogP contribution in [0.4, 0.5) is 21.9 Å². The number of carbonyl (C=O) groups excluding carboxylic acids is 2. The summed E-state index contributed by atoms with van der Waals surface area (Å²) in [4.78, 5) is 24.1. The van der Waals surface area contributed by atoms with Gasteiger partial charge in [-0.05, 0) is 67.1 Å². The summed E-state index contributed by atoms with van der Waals surface area (Å²) in [6.45, 7) is 1.74. The molecule has 3 aromatic rings. The summed E-state index contributed by atoms with van der Waals surface area (Å²) in [7, 11) is 0. The summed E-state index contributed by atoms with van der Waals surface area (Å²) in [5, 5.41) is 8.85. The number of para-hydroxylation sites is 1. The minimum absolute atomic E-state index is 0.124. The van der Waals surface area contributed by atoms with Crippen molar-refractivity contribution in [1.29, 1.82) is 0 Å². The fourth-order valence-electron chi connectivity index (χ4n) is 2.50. The van der Waals surface area contributed by atoms with Gasteiger partial charge in [-0.2, -0.15) is 0 Å². The Hall–Kier alpha value is -3.51. The Labute approximate surface area is 173 Å². The topological polar surface area (TPSA) is 79.5 Å². The van der Waals surface area contributed by atoms with Crippen LogP contribution in [0.5, 0.6) is 5.75 Å². The van der Waals surface area contributed by atoms with Gasteiger partial charge in [-0.25, -0.2) is 4.79 Å². The van der Waals surface area contributed by atoms with Crippen LogP contribution in [0.3, 0.4) is 0 Å². The van der Waals surface area contributed by atoms with Crippen LogP contribution in [0.2, 0.25) is 5.02 Å². The number of benzene rings is 3. The SMILES string of the molecule is Cc1cc(OCC(=O)Nc2ccc(NC(=O)Nc3ccccc3)cc2)ccc1Cl. The summed E-state index contributed by atoms with van der Waals surface area (Å²) in [5.74, 6) is 0.283. The summed E-state index contributed by atoms with van der Waals surface area (Å²) >= 11 is 5.97. The van der Waals surface area contributed by atoms with Gasteiger partial charge in [0.1, 0.15) is 5.75 Å². The molecule has 3 amide bonds. The third-order valence-corrected chi connectivity index (χ3v) is 4.38. The van der Waals surface area contributed by atoms with Crippen LogP contribution in [0.1, 0.15) is 5.56 Å². The largest absolute Gasteiger partial charge is 0.484 e. The number of nitrogens with one attached hydrogen (secondary N) is 3. The first-order valence-corrected chi connectivity index (χ1v) is 9.29. The van der Waals surface area contributed by atoms with E-state index in [4.69, 9.17) is 16.3 Å². The number of urea groups is 1. The molecule has 7 heteroatoms. The Morgan fingerprint density at radius 1 is 0.828 bits per heavy atom. The Kier molecular flexibility index (Phi) is 6.71. The highest BCUT2D eigenvalue weighted by molar-refractivity contribution is 6.31. The van der Waals surface area contributed by atoms with Crippen molar-refractivity contribution in [3.05, 3.63) is 83.4 Å². The van der Waals surface area contributed by atoms with Crippen LogP contribution >= 0.6 is 11.6 Å². The second kappa shape index (κ2) is 9.61. The molecule has 0 fully saturated rings. The highest BCUT2D eigenvalue weighted by atomic mass is 35.5. The van der Waals surface area contributed by atoms with Crippen LogP contribution in [-0.4, -0.2) is 18.5 Å². The second-order valence-electron chi connectivity index (χ2n) is 6.27. The third kappa shape index (κ3) is 6.26. The number of rotatable bonds is 6. The molecule has 0 bridgehead atoms. The van der Waals surface area contributed by atoms with E-state index in [2.05, 4.69) is 16.0 Å². The standard InChI is InChI=1S/C22H20ClN3O3/c1-15-13-19(11-12-20(15)23)29-14-21(27)24-17-7-9-18(10-8-17)26-22(28)25-16-5-3-2-4-6-16/h2-13H,14H2,1H3,(H,24,27)(H2,25,26,28). The lowest BCUT2D eigenvalue weighted by molar-refractivity contribution is -0.118. The Bertz CT molecular complexity index is 992. The highest BCUT2D eigenvalue weighted by Crippen LogP contribution is 2.21. The first kappa shape index (κ1) is 20.2. The van der Waals surface area contributed by atoms with Gasteiger partial charge in [0.15, 0.2) is 6.61 Å². The number of hydrogen-bond donors (Lipinski definition) is 3. The van der Waals surface area contributed by atoms with Crippen molar-refractivity contribution in [2.75, 3.05) is 22.6 Å². The van der Waals surface area contributed by atoms with E-state index in [1.807, 2.05) is 25.1 Å².